The summed E-state index contributed by atoms with van der Waals surface area (Å²) in [5, 5.41) is 30.5. The van der Waals surface area contributed by atoms with Crippen LogP contribution in [0.4, 0.5) is 4.79 Å². The summed E-state index contributed by atoms with van der Waals surface area (Å²) in [6.07, 6.45) is 6.57. The van der Waals surface area contributed by atoms with Gasteiger partial charge >= 0.3 is 12.0 Å². The first-order valence-electron chi connectivity index (χ1n) is 23.7. The lowest BCUT2D eigenvalue weighted by atomic mass is 10.00. The van der Waals surface area contributed by atoms with Crippen molar-refractivity contribution in [3.05, 3.63) is 62.2 Å². The van der Waals surface area contributed by atoms with Gasteiger partial charge in [-0.25, -0.2) is 9.59 Å². The van der Waals surface area contributed by atoms with Gasteiger partial charge in [0.1, 0.15) is 17.8 Å². The lowest BCUT2D eigenvalue weighted by molar-refractivity contribution is -0.131. The summed E-state index contributed by atoms with van der Waals surface area (Å²) in [7, 11) is 0. The fourth-order valence-electron chi connectivity index (χ4n) is 8.35. The number of halogens is 1. The number of ether oxygens (including phenoxy) is 1. The zero-order valence-electron chi connectivity index (χ0n) is 39.9. The van der Waals surface area contributed by atoms with Crippen LogP contribution >= 0.6 is 34.4 Å². The Labute approximate surface area is 417 Å². The molecular weight excluding hydrogens is 1000 g/mol. The van der Waals surface area contributed by atoms with Gasteiger partial charge in [0, 0.05) is 50.3 Å². The number of amides is 7. The van der Waals surface area contributed by atoms with Gasteiger partial charge in [-0.05, 0) is 123 Å². The SMILES string of the molecule is CC(=O)N[C@@H](CCCCNC(=O)CCCCC1SC[C@@H]2NC(=O)N[C@H]12)C(=O)N[C@@H](Cc1ccc(O)c([125I])c1)C(=O)NCCCCCC(=O)N[C@@H](CC(C)C)C(=O)COC(=O)c1c(C)cccc1C. The summed E-state index contributed by atoms with van der Waals surface area (Å²) < 4.78 is 5.94. The number of Topliss-reactive ketones (excluding diaryl/α,β-unsaturated/α-hetero) is 1. The van der Waals surface area contributed by atoms with Crippen molar-refractivity contribution in [1.82, 2.24) is 37.2 Å². The quantitative estimate of drug-likeness (QED) is 0.0238. The molecular formula is C49H70IN7O10S. The first-order valence-corrected chi connectivity index (χ1v) is 25.9. The van der Waals surface area contributed by atoms with Crippen molar-refractivity contribution in [2.75, 3.05) is 25.4 Å². The molecule has 19 heteroatoms. The molecule has 2 aliphatic rings. The second-order valence-corrected chi connectivity index (χ2v) is 20.6. The van der Waals surface area contributed by atoms with E-state index in [0.29, 0.717) is 71.4 Å². The average molecular weight is 1070 g/mol. The Morgan fingerprint density at radius 1 is 0.809 bits per heavy atom. The molecule has 374 valence electrons. The second kappa shape index (κ2) is 28.5. The van der Waals surface area contributed by atoms with Crippen molar-refractivity contribution in [2.45, 2.75) is 154 Å². The number of benzene rings is 2. The Kier molecular flexibility index (Phi) is 23.4. The first kappa shape index (κ1) is 55.7. The van der Waals surface area contributed by atoms with Crippen LogP contribution < -0.4 is 37.2 Å². The van der Waals surface area contributed by atoms with E-state index in [2.05, 4.69) is 37.2 Å². The Morgan fingerprint density at radius 2 is 1.50 bits per heavy atom. The molecule has 2 aromatic rings. The highest BCUT2D eigenvalue weighted by atomic mass is 125. The molecule has 2 fully saturated rings. The molecule has 0 spiro atoms. The summed E-state index contributed by atoms with van der Waals surface area (Å²) in [5.74, 6) is -1.64. The number of nitrogens with one attached hydrogen (secondary N) is 7. The van der Waals surface area contributed by atoms with Gasteiger partial charge in [-0.2, -0.15) is 11.8 Å². The summed E-state index contributed by atoms with van der Waals surface area (Å²) in [4.78, 5) is 102. The van der Waals surface area contributed by atoms with Crippen LogP contribution in [-0.4, -0.2) is 113 Å². The van der Waals surface area contributed by atoms with Crippen LogP contribution in [-0.2, 0) is 39.9 Å². The van der Waals surface area contributed by atoms with Crippen LogP contribution in [0.25, 0.3) is 0 Å². The Morgan fingerprint density at radius 3 is 2.21 bits per heavy atom. The Bertz CT molecular complexity index is 2070. The van der Waals surface area contributed by atoms with E-state index in [1.807, 2.05) is 54.3 Å². The van der Waals surface area contributed by atoms with Crippen molar-refractivity contribution in [2.24, 2.45) is 5.92 Å². The predicted molar refractivity (Wildman–Crippen MR) is 269 cm³/mol. The highest BCUT2D eigenvalue weighted by Gasteiger charge is 2.42. The van der Waals surface area contributed by atoms with E-state index in [4.69, 9.17) is 4.74 Å². The molecule has 0 bridgehead atoms. The van der Waals surface area contributed by atoms with Gasteiger partial charge in [0.15, 0.2) is 12.4 Å². The van der Waals surface area contributed by atoms with Crippen LogP contribution in [0.3, 0.4) is 0 Å². The molecule has 4 rings (SSSR count). The number of phenolic OH excluding ortho intramolecular Hbond substituents is 1. The second-order valence-electron chi connectivity index (χ2n) is 18.2. The van der Waals surface area contributed by atoms with Gasteiger partial charge in [0.25, 0.3) is 0 Å². The van der Waals surface area contributed by atoms with E-state index in [9.17, 15) is 43.5 Å². The fourth-order valence-corrected chi connectivity index (χ4v) is 10.5. The Balaban J connectivity index is 1.19. The van der Waals surface area contributed by atoms with Gasteiger partial charge in [0.2, 0.25) is 29.5 Å². The number of ketones is 1. The number of fused-ring (bicyclic) bond motifs is 1. The molecule has 6 atom stereocenters. The lowest BCUT2D eigenvalue weighted by Crippen LogP contribution is -2.54. The van der Waals surface area contributed by atoms with Gasteiger partial charge in [0.05, 0.1) is 27.3 Å². The third kappa shape index (κ3) is 18.9. The minimum absolute atomic E-state index is 0.0530. The van der Waals surface area contributed by atoms with Crippen molar-refractivity contribution in [1.29, 1.82) is 0 Å². The van der Waals surface area contributed by atoms with Crippen molar-refractivity contribution in [3.8, 4) is 5.75 Å². The van der Waals surface area contributed by atoms with Crippen LogP contribution in [0.1, 0.15) is 125 Å². The van der Waals surface area contributed by atoms with Crippen LogP contribution in [0.15, 0.2) is 36.4 Å². The number of urea groups is 1. The summed E-state index contributed by atoms with van der Waals surface area (Å²) in [6.45, 7) is 9.00. The van der Waals surface area contributed by atoms with E-state index in [0.717, 1.165) is 36.1 Å². The molecule has 0 aromatic heterocycles. The van der Waals surface area contributed by atoms with Crippen molar-refractivity contribution < 1.29 is 48.2 Å². The van der Waals surface area contributed by atoms with E-state index in [-0.39, 0.29) is 67.4 Å². The zero-order chi connectivity index (χ0) is 49.8. The number of aryl methyl sites for hydroxylation is 2. The van der Waals surface area contributed by atoms with E-state index < -0.39 is 54.2 Å². The third-order valence-electron chi connectivity index (χ3n) is 11.9. The minimum Gasteiger partial charge on any atom is -0.507 e. The van der Waals surface area contributed by atoms with E-state index in [1.54, 1.807) is 38.1 Å². The highest BCUT2D eigenvalue weighted by molar-refractivity contribution is 14.1. The summed E-state index contributed by atoms with van der Waals surface area (Å²) in [6, 6.07) is 7.81. The van der Waals surface area contributed by atoms with E-state index in [1.165, 1.54) is 13.0 Å². The molecule has 17 nitrogen and oxygen atoms in total. The largest absolute Gasteiger partial charge is 0.507 e. The molecule has 0 aliphatic carbocycles. The molecule has 68 heavy (non-hydrogen) atoms. The number of hydrogen-bond donors (Lipinski definition) is 8. The van der Waals surface area contributed by atoms with Crippen molar-refractivity contribution in [3.63, 3.8) is 0 Å². The maximum absolute atomic E-state index is 13.7. The number of carbonyl (C=O) groups excluding carboxylic acids is 8. The monoisotopic (exact) mass is 1070 g/mol. The molecule has 1 unspecified atom stereocenters. The minimum atomic E-state index is -1.01. The summed E-state index contributed by atoms with van der Waals surface area (Å²) >= 11 is 3.84. The zero-order valence-corrected chi connectivity index (χ0v) is 42.9. The van der Waals surface area contributed by atoms with Gasteiger partial charge < -0.3 is 47.1 Å². The number of phenols is 1. The maximum Gasteiger partial charge on any atom is 0.339 e. The van der Waals surface area contributed by atoms with Crippen LogP contribution in [0.2, 0.25) is 0 Å². The molecule has 8 N–H and O–H groups in total. The smallest absolute Gasteiger partial charge is 0.339 e. The van der Waals surface area contributed by atoms with Gasteiger partial charge in [-0.3, -0.25) is 28.8 Å². The number of esters is 1. The number of hydrogen-bond acceptors (Lipinski definition) is 11. The molecule has 2 aromatic carbocycles. The number of thioether (sulfide) groups is 1. The lowest BCUT2D eigenvalue weighted by Gasteiger charge is -2.23. The number of rotatable bonds is 29. The Hall–Kier alpha value is -4.92. The molecule has 0 saturated carbocycles. The first-order chi connectivity index (χ1) is 32.4. The molecule has 2 saturated heterocycles. The fraction of sp³-hybridized carbons (Fsp3) is 0.592. The number of carbonyl (C=O) groups is 8. The molecule has 2 heterocycles. The third-order valence-corrected chi connectivity index (χ3v) is 14.3. The molecule has 2 aliphatic heterocycles. The van der Waals surface area contributed by atoms with Crippen LogP contribution in [0, 0.1) is 23.3 Å². The molecule has 0 radical (unpaired) electrons. The maximum atomic E-state index is 13.7. The standard InChI is InChI=1S/C49H70IN7O10S/c1-29(2)24-36(40(60)27-67-48(65)44-30(3)14-13-15-31(44)4)54-43(62)19-7-6-11-23-52-46(63)37(26-33-20-21-39(59)34(50)25-33)55-47(64)35(53-32(5)58)16-10-12-22-51-42(61)18-9-8-17-41-45-38(28-68-41)56-49(66)57-45/h13-15,20-21,25,29,35-38,41,45,59H,6-12,16-19,22-24,26-28H2,1-5H3,(H,51,61)(H,52,63)(H,53,58)(H,54,62)(H,55,64)(H2,56,57,66)/t35-,36-,37-,38-,41?,45-/m0/s1/i50-2. The van der Waals surface area contributed by atoms with Gasteiger partial charge in [-0.1, -0.05) is 51.0 Å². The number of unbranched alkanes of at least 4 members (excludes halogenated alkanes) is 4. The van der Waals surface area contributed by atoms with Crippen LogP contribution in [0.5, 0.6) is 5.75 Å². The van der Waals surface area contributed by atoms with E-state index >= 15 is 0 Å². The van der Waals surface area contributed by atoms with Crippen molar-refractivity contribution >= 4 is 81.7 Å². The normalized spacial score (nSPS) is 17.5. The summed E-state index contributed by atoms with van der Waals surface area (Å²) in [5.41, 5.74) is 2.61. The predicted octanol–water partition coefficient (Wildman–Crippen LogP) is 4.79. The average Bonchev–Trinajstić information content (AvgIpc) is 3.84. The molecule has 7 amide bonds. The number of aromatic hydroxyl groups is 1. The topological polar surface area (TPSA) is 250 Å². The highest BCUT2D eigenvalue weighted by Crippen LogP contribution is 2.33. The van der Waals surface area contributed by atoms with Gasteiger partial charge in [-0.15, -0.1) is 0 Å².